The van der Waals surface area contributed by atoms with Crippen molar-refractivity contribution >= 4 is 38.3 Å². The molecule has 2 rings (SSSR count). The number of sulfone groups is 1. The maximum Gasteiger partial charge on any atom is 0.261 e. The summed E-state index contributed by atoms with van der Waals surface area (Å²) in [5, 5.41) is 2.72. The van der Waals surface area contributed by atoms with Crippen LogP contribution in [0.5, 0.6) is 5.75 Å². The van der Waals surface area contributed by atoms with Crippen LogP contribution in [0.4, 0.5) is 0 Å². The average Bonchev–Trinajstić information content (AvgIpc) is 2.71. The molecule has 1 amide bonds. The third-order valence-electron chi connectivity index (χ3n) is 3.07. The zero-order valence-electron chi connectivity index (χ0n) is 11.0. The molecule has 0 bridgehead atoms. The first kappa shape index (κ1) is 15.6. The van der Waals surface area contributed by atoms with Crippen molar-refractivity contribution in [3.8, 4) is 5.75 Å². The molecule has 20 heavy (non-hydrogen) atoms. The van der Waals surface area contributed by atoms with E-state index in [0.717, 1.165) is 3.57 Å². The molecular weight excluding hydrogens is 393 g/mol. The summed E-state index contributed by atoms with van der Waals surface area (Å²) in [5.41, 5.74) is 0. The number of carbonyl (C=O) groups is 1. The van der Waals surface area contributed by atoms with Crippen molar-refractivity contribution in [3.63, 3.8) is 0 Å². The third-order valence-corrected chi connectivity index (χ3v) is 5.56. The number of nitrogens with one attached hydrogen (secondary N) is 1. The van der Waals surface area contributed by atoms with E-state index in [1.165, 1.54) is 0 Å². The van der Waals surface area contributed by atoms with Gasteiger partial charge in [-0.15, -0.1) is 0 Å². The van der Waals surface area contributed by atoms with Crippen molar-refractivity contribution in [1.82, 2.24) is 5.32 Å². The molecule has 110 valence electrons. The molecule has 0 unspecified atom stereocenters. The molecule has 1 heterocycles. The molecule has 0 aromatic heterocycles. The van der Waals surface area contributed by atoms with Crippen molar-refractivity contribution < 1.29 is 17.9 Å². The van der Waals surface area contributed by atoms with Crippen molar-refractivity contribution in [3.05, 3.63) is 27.8 Å². The highest BCUT2D eigenvalue weighted by Crippen LogP contribution is 2.16. The number of halogens is 1. The predicted octanol–water partition coefficient (Wildman–Crippen LogP) is 1.36. The number of hydrogen-bond acceptors (Lipinski definition) is 4. The maximum absolute atomic E-state index is 11.9. The summed E-state index contributed by atoms with van der Waals surface area (Å²) >= 11 is 2.19. The number of rotatable bonds is 4. The van der Waals surface area contributed by atoms with Gasteiger partial charge < -0.3 is 10.1 Å². The van der Waals surface area contributed by atoms with E-state index >= 15 is 0 Å². The van der Waals surface area contributed by atoms with Gasteiger partial charge in [-0.25, -0.2) is 8.42 Å². The van der Waals surface area contributed by atoms with Crippen LogP contribution in [0.15, 0.2) is 24.3 Å². The fraction of sp³-hybridized carbons (Fsp3) is 0.462. The van der Waals surface area contributed by atoms with Crippen LogP contribution < -0.4 is 10.1 Å². The SMILES string of the molecule is C[C@H](Oc1ccc(I)cc1)C(=O)N[C@H]1CCS(=O)(=O)C1. The first-order chi connectivity index (χ1) is 9.35. The molecule has 0 radical (unpaired) electrons. The summed E-state index contributed by atoms with van der Waals surface area (Å²) < 4.78 is 29.3. The number of benzene rings is 1. The number of ether oxygens (including phenoxy) is 1. The molecule has 1 saturated heterocycles. The minimum absolute atomic E-state index is 0.0228. The van der Waals surface area contributed by atoms with Gasteiger partial charge in [0.25, 0.3) is 5.91 Å². The van der Waals surface area contributed by atoms with Gasteiger partial charge >= 0.3 is 0 Å². The topological polar surface area (TPSA) is 72.5 Å². The van der Waals surface area contributed by atoms with Crippen LogP contribution >= 0.6 is 22.6 Å². The Hall–Kier alpha value is -0.830. The van der Waals surface area contributed by atoms with E-state index in [9.17, 15) is 13.2 Å². The summed E-state index contributed by atoms with van der Waals surface area (Å²) in [5.74, 6) is 0.497. The molecule has 1 N–H and O–H groups in total. The summed E-state index contributed by atoms with van der Waals surface area (Å²) in [6.45, 7) is 1.65. The van der Waals surface area contributed by atoms with Gasteiger partial charge in [-0.05, 0) is 60.2 Å². The van der Waals surface area contributed by atoms with Crippen molar-refractivity contribution in [2.24, 2.45) is 0 Å². The van der Waals surface area contributed by atoms with Gasteiger partial charge in [0.05, 0.1) is 11.5 Å². The molecule has 1 aliphatic rings. The Morgan fingerprint density at radius 2 is 2.05 bits per heavy atom. The normalized spacial score (nSPS) is 22.2. The van der Waals surface area contributed by atoms with E-state index in [4.69, 9.17) is 4.74 Å². The zero-order valence-corrected chi connectivity index (χ0v) is 14.0. The Morgan fingerprint density at radius 1 is 1.40 bits per heavy atom. The lowest BCUT2D eigenvalue weighted by Gasteiger charge is -2.17. The fourth-order valence-electron chi connectivity index (χ4n) is 2.00. The summed E-state index contributed by atoms with van der Waals surface area (Å²) in [6.07, 6.45) is -0.178. The van der Waals surface area contributed by atoms with Crippen LogP contribution in [-0.4, -0.2) is 38.0 Å². The quantitative estimate of drug-likeness (QED) is 0.763. The third kappa shape index (κ3) is 4.34. The molecular formula is C13H16INO4S. The van der Waals surface area contributed by atoms with Crippen LogP contribution in [0.3, 0.4) is 0 Å². The monoisotopic (exact) mass is 409 g/mol. The lowest BCUT2D eigenvalue weighted by Crippen LogP contribution is -2.43. The van der Waals surface area contributed by atoms with Crippen molar-refractivity contribution in [2.75, 3.05) is 11.5 Å². The summed E-state index contributed by atoms with van der Waals surface area (Å²) in [4.78, 5) is 11.9. The number of carbonyl (C=O) groups excluding carboxylic acids is 1. The molecule has 1 aliphatic heterocycles. The lowest BCUT2D eigenvalue weighted by atomic mass is 10.2. The first-order valence-corrected chi connectivity index (χ1v) is 9.19. The van der Waals surface area contributed by atoms with Crippen LogP contribution in [0, 0.1) is 3.57 Å². The molecule has 1 fully saturated rings. The van der Waals surface area contributed by atoms with E-state index < -0.39 is 15.9 Å². The van der Waals surface area contributed by atoms with Crippen LogP contribution in [0.1, 0.15) is 13.3 Å². The number of hydrogen-bond donors (Lipinski definition) is 1. The van der Waals surface area contributed by atoms with E-state index in [2.05, 4.69) is 27.9 Å². The highest BCUT2D eigenvalue weighted by atomic mass is 127. The number of amides is 1. The second kappa shape index (κ2) is 6.30. The highest BCUT2D eigenvalue weighted by Gasteiger charge is 2.30. The average molecular weight is 409 g/mol. The molecule has 5 nitrogen and oxygen atoms in total. The largest absolute Gasteiger partial charge is 0.481 e. The predicted molar refractivity (Wildman–Crippen MR) is 84.5 cm³/mol. The highest BCUT2D eigenvalue weighted by molar-refractivity contribution is 14.1. The molecule has 0 saturated carbocycles. The lowest BCUT2D eigenvalue weighted by molar-refractivity contribution is -0.127. The Kier molecular flexibility index (Phi) is 4.90. The maximum atomic E-state index is 11.9. The molecule has 1 aromatic carbocycles. The Balaban J connectivity index is 1.88. The van der Waals surface area contributed by atoms with E-state index in [-0.39, 0.29) is 23.5 Å². The second-order valence-electron chi connectivity index (χ2n) is 4.82. The van der Waals surface area contributed by atoms with Gasteiger partial charge in [0.2, 0.25) is 0 Å². The van der Waals surface area contributed by atoms with Crippen molar-refractivity contribution in [1.29, 1.82) is 0 Å². The standard InChI is InChI=1S/C13H16INO4S/c1-9(19-12-4-2-10(14)3-5-12)13(16)15-11-6-7-20(17,18)8-11/h2-5,9,11H,6-8H2,1H3,(H,15,16)/t9-,11-/m0/s1. The molecule has 7 heteroatoms. The Labute approximate surface area is 132 Å². The smallest absolute Gasteiger partial charge is 0.261 e. The Morgan fingerprint density at radius 3 is 2.60 bits per heavy atom. The first-order valence-electron chi connectivity index (χ1n) is 6.29. The molecule has 2 atom stereocenters. The van der Waals surface area contributed by atoms with Gasteiger partial charge in [-0.1, -0.05) is 0 Å². The van der Waals surface area contributed by atoms with Crippen LogP contribution in [0.2, 0.25) is 0 Å². The molecule has 1 aromatic rings. The molecule has 0 spiro atoms. The van der Waals surface area contributed by atoms with Gasteiger partial charge in [-0.3, -0.25) is 4.79 Å². The summed E-state index contributed by atoms with van der Waals surface area (Å²) in [7, 11) is -2.99. The molecule has 0 aliphatic carbocycles. The fourth-order valence-corrected chi connectivity index (χ4v) is 4.03. The van der Waals surface area contributed by atoms with Crippen molar-refractivity contribution in [2.45, 2.75) is 25.5 Å². The second-order valence-corrected chi connectivity index (χ2v) is 8.30. The van der Waals surface area contributed by atoms with E-state index in [0.29, 0.717) is 12.2 Å². The van der Waals surface area contributed by atoms with Gasteiger partial charge in [-0.2, -0.15) is 0 Å². The van der Waals surface area contributed by atoms with Crippen LogP contribution in [0.25, 0.3) is 0 Å². The minimum Gasteiger partial charge on any atom is -0.481 e. The van der Waals surface area contributed by atoms with E-state index in [1.807, 2.05) is 12.1 Å². The van der Waals surface area contributed by atoms with Crippen LogP contribution in [-0.2, 0) is 14.6 Å². The zero-order chi connectivity index (χ0) is 14.8. The van der Waals surface area contributed by atoms with Gasteiger partial charge in [0.15, 0.2) is 15.9 Å². The van der Waals surface area contributed by atoms with E-state index in [1.54, 1.807) is 19.1 Å². The Bertz CT molecular complexity index is 585. The minimum atomic E-state index is -2.99. The van der Waals surface area contributed by atoms with Gasteiger partial charge in [0.1, 0.15) is 5.75 Å². The summed E-state index contributed by atoms with van der Waals surface area (Å²) in [6, 6.07) is 7.08. The van der Waals surface area contributed by atoms with Gasteiger partial charge in [0, 0.05) is 9.61 Å².